The van der Waals surface area contributed by atoms with Crippen molar-refractivity contribution in [1.82, 2.24) is 9.97 Å². The number of nitrogen functional groups attached to an aromatic ring is 1. The van der Waals surface area contributed by atoms with Gasteiger partial charge >= 0.3 is 0 Å². The van der Waals surface area contributed by atoms with E-state index in [0.717, 1.165) is 16.2 Å². The molecule has 152 valence electrons. The number of rotatable bonds is 7. The minimum absolute atomic E-state index is 0.367. The predicted octanol–water partition coefficient (Wildman–Crippen LogP) is 5.44. The predicted molar refractivity (Wildman–Crippen MR) is 125 cm³/mol. The second-order valence-corrected chi connectivity index (χ2v) is 8.40. The number of benzene rings is 2. The molecule has 6 nitrogen and oxygen atoms in total. The molecule has 30 heavy (non-hydrogen) atoms. The Hall–Kier alpha value is -3.10. The molecule has 1 aromatic heterocycles. The molecular formula is C22H19N3O3S2. The number of nitrogens with zero attached hydrogens (tertiary/aromatic N) is 2. The van der Waals surface area contributed by atoms with E-state index >= 15 is 0 Å². The van der Waals surface area contributed by atoms with Crippen LogP contribution in [-0.4, -0.2) is 23.7 Å². The molecule has 0 bridgehead atoms. The standard InChI is InChI=1S/C22H19N3O3S2/c1-14-18(12-29-30-14)15-4-6-16(7-5-15)27-8-3-9-28-21-11-19-17(10-20(21)26-2)22(23)25-13-24-19/h3-7,9-13H,1,8H2,2H3,(H2,23,24,25)/b9-3+. The Morgan fingerprint density at radius 1 is 1.13 bits per heavy atom. The molecule has 0 aliphatic carbocycles. The number of nitrogens with two attached hydrogens (primary N) is 1. The second-order valence-electron chi connectivity index (χ2n) is 6.24. The summed E-state index contributed by atoms with van der Waals surface area (Å²) in [5.41, 5.74) is 8.87. The molecule has 2 aromatic carbocycles. The molecule has 0 fully saturated rings. The first kappa shape index (κ1) is 20.2. The third-order valence-corrected chi connectivity index (χ3v) is 6.40. The molecule has 0 atom stereocenters. The van der Waals surface area contributed by atoms with Gasteiger partial charge < -0.3 is 19.9 Å². The monoisotopic (exact) mass is 437 g/mol. The number of aromatic nitrogens is 2. The largest absolute Gasteiger partial charge is 0.493 e. The number of hydrogen-bond acceptors (Lipinski definition) is 8. The van der Waals surface area contributed by atoms with Crippen LogP contribution in [0.25, 0.3) is 16.5 Å². The minimum atomic E-state index is 0.367. The molecule has 0 radical (unpaired) electrons. The molecule has 4 rings (SSSR count). The van der Waals surface area contributed by atoms with Gasteiger partial charge in [0.2, 0.25) is 0 Å². The van der Waals surface area contributed by atoms with Gasteiger partial charge in [-0.2, -0.15) is 0 Å². The maximum absolute atomic E-state index is 5.89. The van der Waals surface area contributed by atoms with E-state index in [4.69, 9.17) is 19.9 Å². The maximum Gasteiger partial charge on any atom is 0.170 e. The number of fused-ring (bicyclic) bond motifs is 1. The lowest BCUT2D eigenvalue weighted by Gasteiger charge is -2.10. The van der Waals surface area contributed by atoms with E-state index in [9.17, 15) is 0 Å². The first-order chi connectivity index (χ1) is 14.7. The number of ether oxygens (including phenoxy) is 3. The van der Waals surface area contributed by atoms with Gasteiger partial charge in [-0.1, -0.05) is 40.3 Å². The summed E-state index contributed by atoms with van der Waals surface area (Å²) < 4.78 is 16.8. The summed E-state index contributed by atoms with van der Waals surface area (Å²) >= 11 is 0. The summed E-state index contributed by atoms with van der Waals surface area (Å²) in [6, 6.07) is 11.5. The lowest BCUT2D eigenvalue weighted by Crippen LogP contribution is -1.97. The van der Waals surface area contributed by atoms with Crippen molar-refractivity contribution < 1.29 is 14.2 Å². The first-order valence-corrected chi connectivity index (χ1v) is 11.2. The van der Waals surface area contributed by atoms with Crippen LogP contribution in [0.4, 0.5) is 5.82 Å². The summed E-state index contributed by atoms with van der Waals surface area (Å²) in [7, 11) is 4.94. The third kappa shape index (κ3) is 4.39. The number of hydrogen-bond donors (Lipinski definition) is 1. The zero-order chi connectivity index (χ0) is 20.9. The van der Waals surface area contributed by atoms with Gasteiger partial charge in [-0.3, -0.25) is 0 Å². The molecule has 0 unspecified atom stereocenters. The highest BCUT2D eigenvalue weighted by Crippen LogP contribution is 2.47. The van der Waals surface area contributed by atoms with Gasteiger partial charge in [0.15, 0.2) is 11.5 Å². The molecule has 2 heterocycles. The van der Waals surface area contributed by atoms with E-state index in [0.29, 0.717) is 34.8 Å². The van der Waals surface area contributed by atoms with Crippen molar-refractivity contribution >= 4 is 43.9 Å². The van der Waals surface area contributed by atoms with Crippen molar-refractivity contribution in [3.63, 3.8) is 0 Å². The Morgan fingerprint density at radius 3 is 2.70 bits per heavy atom. The topological polar surface area (TPSA) is 79.5 Å². The average Bonchev–Trinajstić information content (AvgIpc) is 3.19. The van der Waals surface area contributed by atoms with E-state index in [1.807, 2.05) is 24.3 Å². The van der Waals surface area contributed by atoms with Crippen LogP contribution in [0.15, 0.2) is 72.0 Å². The summed E-state index contributed by atoms with van der Waals surface area (Å²) in [6.45, 7) is 4.43. The van der Waals surface area contributed by atoms with Crippen molar-refractivity contribution in [2.45, 2.75) is 0 Å². The summed E-state index contributed by atoms with van der Waals surface area (Å²) in [4.78, 5) is 9.28. The fourth-order valence-corrected chi connectivity index (χ4v) is 4.77. The third-order valence-electron chi connectivity index (χ3n) is 4.37. The van der Waals surface area contributed by atoms with Crippen LogP contribution in [0.5, 0.6) is 17.2 Å². The fourth-order valence-electron chi connectivity index (χ4n) is 2.84. The fraction of sp³-hybridized carbons (Fsp3) is 0.0909. The molecule has 2 N–H and O–H groups in total. The average molecular weight is 438 g/mol. The Labute approximate surface area is 182 Å². The molecule has 3 aromatic rings. The zero-order valence-electron chi connectivity index (χ0n) is 16.2. The van der Waals surface area contributed by atoms with Gasteiger partial charge in [0.05, 0.1) is 18.9 Å². The second kappa shape index (κ2) is 9.15. The zero-order valence-corrected chi connectivity index (χ0v) is 17.8. The quantitative estimate of drug-likeness (QED) is 0.387. The minimum Gasteiger partial charge on any atom is -0.493 e. The highest BCUT2D eigenvalue weighted by atomic mass is 33.1. The number of anilines is 1. The van der Waals surface area contributed by atoms with Crippen LogP contribution in [0, 0.1) is 0 Å². The number of methoxy groups -OCH3 is 1. The SMILES string of the molecule is C=C1SSC=C1c1ccc(OC/C=C/Oc2cc3ncnc(N)c3cc2OC)cc1. The van der Waals surface area contributed by atoms with E-state index in [-0.39, 0.29) is 0 Å². The van der Waals surface area contributed by atoms with Gasteiger partial charge in [-0.25, -0.2) is 9.97 Å². The maximum atomic E-state index is 5.89. The van der Waals surface area contributed by atoms with Gasteiger partial charge in [0.25, 0.3) is 0 Å². The summed E-state index contributed by atoms with van der Waals surface area (Å²) in [5.74, 6) is 2.25. The summed E-state index contributed by atoms with van der Waals surface area (Å²) in [6.07, 6.45) is 4.75. The van der Waals surface area contributed by atoms with Crippen molar-refractivity contribution in [2.75, 3.05) is 19.5 Å². The van der Waals surface area contributed by atoms with E-state index in [2.05, 4.69) is 22.0 Å². The molecule has 0 spiro atoms. The van der Waals surface area contributed by atoms with Crippen LogP contribution < -0.4 is 19.9 Å². The van der Waals surface area contributed by atoms with E-state index in [1.165, 1.54) is 11.9 Å². The van der Waals surface area contributed by atoms with Gasteiger partial charge in [0.1, 0.15) is 24.5 Å². The Kier molecular flexibility index (Phi) is 6.15. The van der Waals surface area contributed by atoms with Crippen molar-refractivity contribution in [2.24, 2.45) is 0 Å². The highest BCUT2D eigenvalue weighted by molar-refractivity contribution is 8.80. The van der Waals surface area contributed by atoms with Crippen molar-refractivity contribution in [1.29, 1.82) is 0 Å². The normalized spacial score (nSPS) is 13.6. The van der Waals surface area contributed by atoms with E-state index < -0.39 is 0 Å². The van der Waals surface area contributed by atoms with Crippen LogP contribution in [0.1, 0.15) is 5.56 Å². The smallest absolute Gasteiger partial charge is 0.170 e. The lowest BCUT2D eigenvalue weighted by molar-refractivity contribution is 0.353. The Morgan fingerprint density at radius 2 is 1.97 bits per heavy atom. The number of allylic oxidation sites excluding steroid dienone is 1. The molecule has 8 heteroatoms. The molecule has 1 aliphatic rings. The molecule has 0 saturated carbocycles. The molecular weight excluding hydrogens is 418 g/mol. The Bertz CT molecular complexity index is 1140. The van der Waals surface area contributed by atoms with E-state index in [1.54, 1.807) is 53.2 Å². The molecule has 1 aliphatic heterocycles. The highest BCUT2D eigenvalue weighted by Gasteiger charge is 2.13. The van der Waals surface area contributed by atoms with Crippen LogP contribution in [-0.2, 0) is 0 Å². The van der Waals surface area contributed by atoms with Gasteiger partial charge in [0, 0.05) is 21.9 Å². The van der Waals surface area contributed by atoms with Gasteiger partial charge in [-0.15, -0.1) is 0 Å². The van der Waals surface area contributed by atoms with Crippen LogP contribution in [0.2, 0.25) is 0 Å². The van der Waals surface area contributed by atoms with Crippen LogP contribution in [0.3, 0.4) is 0 Å². The molecule has 0 amide bonds. The Balaban J connectivity index is 1.36. The van der Waals surface area contributed by atoms with Crippen molar-refractivity contribution in [3.05, 3.63) is 77.5 Å². The van der Waals surface area contributed by atoms with Gasteiger partial charge in [-0.05, 0) is 35.2 Å². The van der Waals surface area contributed by atoms with Crippen LogP contribution >= 0.6 is 21.6 Å². The summed E-state index contributed by atoms with van der Waals surface area (Å²) in [5, 5.41) is 2.83. The first-order valence-electron chi connectivity index (χ1n) is 9.01. The lowest BCUT2D eigenvalue weighted by atomic mass is 10.1. The van der Waals surface area contributed by atoms with Crippen molar-refractivity contribution in [3.8, 4) is 17.2 Å². The molecule has 0 saturated heterocycles.